The number of aliphatic hydroxyl groups is 1. The minimum Gasteiger partial charge on any atom is -0.491 e. The molecule has 0 aliphatic carbocycles. The lowest BCUT2D eigenvalue weighted by atomic mass is 10.1. The smallest absolute Gasteiger partial charge is 0.125 e. The molecule has 0 bridgehead atoms. The van der Waals surface area contributed by atoms with Gasteiger partial charge >= 0.3 is 0 Å². The molecule has 4 heteroatoms. The van der Waals surface area contributed by atoms with Crippen LogP contribution in [0.3, 0.4) is 0 Å². The van der Waals surface area contributed by atoms with E-state index < -0.39 is 6.10 Å². The predicted molar refractivity (Wildman–Crippen MR) is 92.0 cm³/mol. The number of thioether (sulfide) groups is 1. The molecule has 2 aromatic rings. The minimum absolute atomic E-state index is 0.0936. The maximum absolute atomic E-state index is 10.4. The van der Waals surface area contributed by atoms with E-state index in [1.54, 1.807) is 11.8 Å². The van der Waals surface area contributed by atoms with Crippen molar-refractivity contribution >= 4 is 27.7 Å². The van der Waals surface area contributed by atoms with E-state index in [2.05, 4.69) is 15.9 Å². The van der Waals surface area contributed by atoms with E-state index in [1.165, 1.54) is 0 Å². The van der Waals surface area contributed by atoms with Gasteiger partial charge in [-0.1, -0.05) is 40.2 Å². The summed E-state index contributed by atoms with van der Waals surface area (Å²) in [5.41, 5.74) is 0.841. The zero-order valence-electron chi connectivity index (χ0n) is 12.1. The summed E-state index contributed by atoms with van der Waals surface area (Å²) in [6.07, 6.45) is -0.458. The summed E-state index contributed by atoms with van der Waals surface area (Å²) < 4.78 is 6.81. The van der Waals surface area contributed by atoms with Crippen LogP contribution >= 0.6 is 27.7 Å². The summed E-state index contributed by atoms with van der Waals surface area (Å²) in [5.74, 6) is 1.35. The Kier molecular flexibility index (Phi) is 6.15. The SMILES string of the molecule is CC(C)Oc1ccccc1C(O)CSc1cccc(Br)c1. The van der Waals surface area contributed by atoms with Crippen molar-refractivity contribution in [1.29, 1.82) is 0 Å². The van der Waals surface area contributed by atoms with Crippen LogP contribution in [0.1, 0.15) is 25.5 Å². The van der Waals surface area contributed by atoms with Crippen molar-refractivity contribution in [1.82, 2.24) is 0 Å². The minimum atomic E-state index is -0.552. The normalized spacial score (nSPS) is 12.4. The maximum Gasteiger partial charge on any atom is 0.125 e. The van der Waals surface area contributed by atoms with Gasteiger partial charge < -0.3 is 9.84 Å². The Hall–Kier alpha value is -0.970. The highest BCUT2D eigenvalue weighted by Gasteiger charge is 2.14. The predicted octanol–water partition coefficient (Wildman–Crippen LogP) is 5.06. The number of rotatable bonds is 6. The summed E-state index contributed by atoms with van der Waals surface area (Å²) in [7, 11) is 0. The molecule has 2 rings (SSSR count). The average Bonchev–Trinajstić information content (AvgIpc) is 2.45. The van der Waals surface area contributed by atoms with Crippen molar-refractivity contribution in [2.45, 2.75) is 31.0 Å². The topological polar surface area (TPSA) is 29.5 Å². The summed E-state index contributed by atoms with van der Waals surface area (Å²) in [4.78, 5) is 1.13. The fraction of sp³-hybridized carbons (Fsp3) is 0.294. The third-order valence-electron chi connectivity index (χ3n) is 2.84. The van der Waals surface area contributed by atoms with Crippen molar-refractivity contribution in [3.8, 4) is 5.75 Å². The van der Waals surface area contributed by atoms with Crippen LogP contribution in [0.4, 0.5) is 0 Å². The van der Waals surface area contributed by atoms with Gasteiger partial charge in [-0.3, -0.25) is 0 Å². The molecule has 0 saturated carbocycles. The fourth-order valence-corrected chi connectivity index (χ4v) is 3.40. The van der Waals surface area contributed by atoms with Crippen molar-refractivity contribution in [3.05, 3.63) is 58.6 Å². The highest BCUT2D eigenvalue weighted by Crippen LogP contribution is 2.31. The molecule has 0 amide bonds. The third-order valence-corrected chi connectivity index (χ3v) is 4.41. The van der Waals surface area contributed by atoms with Gasteiger partial charge in [-0.05, 0) is 38.1 Å². The Morgan fingerprint density at radius 3 is 2.62 bits per heavy atom. The van der Waals surface area contributed by atoms with E-state index in [0.717, 1.165) is 20.7 Å². The van der Waals surface area contributed by atoms with E-state index in [0.29, 0.717) is 5.75 Å². The van der Waals surface area contributed by atoms with E-state index in [-0.39, 0.29) is 6.10 Å². The van der Waals surface area contributed by atoms with Crippen molar-refractivity contribution in [2.75, 3.05) is 5.75 Å². The van der Waals surface area contributed by atoms with E-state index in [4.69, 9.17) is 4.74 Å². The van der Waals surface area contributed by atoms with Gasteiger partial charge in [-0.2, -0.15) is 0 Å². The van der Waals surface area contributed by atoms with Crippen LogP contribution in [0.2, 0.25) is 0 Å². The molecule has 2 nitrogen and oxygen atoms in total. The van der Waals surface area contributed by atoms with Crippen LogP contribution in [0, 0.1) is 0 Å². The molecule has 1 unspecified atom stereocenters. The molecule has 2 aromatic carbocycles. The largest absolute Gasteiger partial charge is 0.491 e. The quantitative estimate of drug-likeness (QED) is 0.724. The molecular weight excluding hydrogens is 348 g/mol. The first-order chi connectivity index (χ1) is 10.1. The number of para-hydroxylation sites is 1. The highest BCUT2D eigenvalue weighted by molar-refractivity contribution is 9.10. The Morgan fingerprint density at radius 1 is 1.14 bits per heavy atom. The molecule has 112 valence electrons. The Labute approximate surface area is 138 Å². The Balaban J connectivity index is 2.04. The second-order valence-electron chi connectivity index (χ2n) is 4.99. The standard InChI is InChI=1S/C17H19BrO2S/c1-12(2)20-17-9-4-3-8-15(17)16(19)11-21-14-7-5-6-13(18)10-14/h3-10,12,16,19H,11H2,1-2H3. The third kappa shape index (κ3) is 5.06. The van der Waals surface area contributed by atoms with Crippen LogP contribution in [0.25, 0.3) is 0 Å². The monoisotopic (exact) mass is 366 g/mol. The lowest BCUT2D eigenvalue weighted by molar-refractivity contribution is 0.186. The second kappa shape index (κ2) is 7.87. The van der Waals surface area contributed by atoms with E-state index >= 15 is 0 Å². The van der Waals surface area contributed by atoms with Gasteiger partial charge in [-0.15, -0.1) is 11.8 Å². The lowest BCUT2D eigenvalue weighted by Crippen LogP contribution is -2.10. The van der Waals surface area contributed by atoms with Gasteiger partial charge in [-0.25, -0.2) is 0 Å². The molecule has 0 saturated heterocycles. The molecule has 0 fully saturated rings. The molecule has 0 aliphatic heterocycles. The fourth-order valence-electron chi connectivity index (χ4n) is 1.94. The molecule has 1 atom stereocenters. The summed E-state index contributed by atoms with van der Waals surface area (Å²) >= 11 is 5.09. The number of aliphatic hydroxyl groups excluding tert-OH is 1. The molecule has 0 aromatic heterocycles. The zero-order chi connectivity index (χ0) is 15.2. The van der Waals surface area contributed by atoms with Gasteiger partial charge in [0.2, 0.25) is 0 Å². The molecule has 0 radical (unpaired) electrons. The van der Waals surface area contributed by atoms with E-state index in [9.17, 15) is 5.11 Å². The van der Waals surface area contributed by atoms with Crippen LogP contribution < -0.4 is 4.74 Å². The van der Waals surface area contributed by atoms with Crippen molar-refractivity contribution in [2.24, 2.45) is 0 Å². The molecule has 21 heavy (non-hydrogen) atoms. The first-order valence-electron chi connectivity index (χ1n) is 6.88. The number of hydrogen-bond acceptors (Lipinski definition) is 3. The summed E-state index contributed by atoms with van der Waals surface area (Å²) in [5, 5.41) is 10.4. The molecule has 0 spiro atoms. The summed E-state index contributed by atoms with van der Waals surface area (Å²) in [6, 6.07) is 15.8. The molecule has 0 heterocycles. The first kappa shape index (κ1) is 16.4. The van der Waals surface area contributed by atoms with Crippen molar-refractivity contribution < 1.29 is 9.84 Å². The van der Waals surface area contributed by atoms with Gasteiger partial charge in [0.05, 0.1) is 12.2 Å². The number of hydrogen-bond donors (Lipinski definition) is 1. The summed E-state index contributed by atoms with van der Waals surface area (Å²) in [6.45, 7) is 3.97. The molecular formula is C17H19BrO2S. The van der Waals surface area contributed by atoms with Gasteiger partial charge in [0, 0.05) is 20.7 Å². The van der Waals surface area contributed by atoms with Crippen LogP contribution in [-0.2, 0) is 0 Å². The second-order valence-corrected chi connectivity index (χ2v) is 7.00. The van der Waals surface area contributed by atoms with Crippen LogP contribution in [0.5, 0.6) is 5.75 Å². The van der Waals surface area contributed by atoms with Gasteiger partial charge in [0.1, 0.15) is 5.75 Å². The zero-order valence-corrected chi connectivity index (χ0v) is 14.5. The first-order valence-corrected chi connectivity index (χ1v) is 8.66. The highest BCUT2D eigenvalue weighted by atomic mass is 79.9. The molecule has 1 N–H and O–H groups in total. The van der Waals surface area contributed by atoms with Crippen molar-refractivity contribution in [3.63, 3.8) is 0 Å². The van der Waals surface area contributed by atoms with E-state index in [1.807, 2.05) is 62.4 Å². The van der Waals surface area contributed by atoms with Gasteiger partial charge in [0.15, 0.2) is 0 Å². The average molecular weight is 367 g/mol. The number of benzene rings is 2. The number of ether oxygens (including phenoxy) is 1. The van der Waals surface area contributed by atoms with Gasteiger partial charge in [0.25, 0.3) is 0 Å². The Morgan fingerprint density at radius 2 is 1.90 bits per heavy atom. The molecule has 0 aliphatic rings. The van der Waals surface area contributed by atoms with Crippen LogP contribution in [-0.4, -0.2) is 17.0 Å². The number of halogens is 1. The maximum atomic E-state index is 10.4. The Bertz CT molecular complexity index is 587. The lowest BCUT2D eigenvalue weighted by Gasteiger charge is -2.17. The van der Waals surface area contributed by atoms with Crippen LogP contribution in [0.15, 0.2) is 57.9 Å².